The number of nitrogens with one attached hydrogen (secondary N) is 1. The molecule has 0 radical (unpaired) electrons. The smallest absolute Gasteiger partial charge is 0.133 e. The van der Waals surface area contributed by atoms with Gasteiger partial charge in [-0.05, 0) is 25.5 Å². The zero-order valence-corrected chi connectivity index (χ0v) is 11.3. The highest BCUT2D eigenvalue weighted by atomic mass is 15.1. The van der Waals surface area contributed by atoms with E-state index in [0.29, 0.717) is 5.82 Å². The van der Waals surface area contributed by atoms with E-state index in [0.717, 1.165) is 30.2 Å². The predicted octanol–water partition coefficient (Wildman–Crippen LogP) is 2.58. The van der Waals surface area contributed by atoms with Crippen molar-refractivity contribution in [1.82, 2.24) is 15.0 Å². The Bertz CT molecular complexity index is 527. The van der Waals surface area contributed by atoms with E-state index >= 15 is 0 Å². The van der Waals surface area contributed by atoms with Crippen molar-refractivity contribution in [1.29, 1.82) is 0 Å². The molecule has 0 aliphatic carbocycles. The first kappa shape index (κ1) is 13.3. The lowest BCUT2D eigenvalue weighted by Crippen LogP contribution is -2.11. The minimum Gasteiger partial charge on any atom is -0.384 e. The fourth-order valence-corrected chi connectivity index (χ4v) is 1.85. The number of hydrogen-bond donors (Lipinski definition) is 2. The lowest BCUT2D eigenvalue weighted by atomic mass is 10.2. The Morgan fingerprint density at radius 2 is 2.16 bits per heavy atom. The monoisotopic (exact) mass is 257 g/mol. The van der Waals surface area contributed by atoms with Gasteiger partial charge < -0.3 is 11.1 Å². The van der Waals surface area contributed by atoms with Crippen molar-refractivity contribution in [3.63, 3.8) is 0 Å². The summed E-state index contributed by atoms with van der Waals surface area (Å²) in [6.45, 7) is 4.14. The van der Waals surface area contributed by atoms with E-state index in [9.17, 15) is 0 Å². The number of aromatic nitrogens is 3. The summed E-state index contributed by atoms with van der Waals surface area (Å²) >= 11 is 0. The van der Waals surface area contributed by atoms with Crippen LogP contribution < -0.4 is 11.1 Å². The first-order valence-corrected chi connectivity index (χ1v) is 6.50. The number of pyridine rings is 1. The van der Waals surface area contributed by atoms with Crippen LogP contribution in [0.15, 0.2) is 30.5 Å². The van der Waals surface area contributed by atoms with Gasteiger partial charge >= 0.3 is 0 Å². The van der Waals surface area contributed by atoms with Gasteiger partial charge in [0, 0.05) is 18.7 Å². The van der Waals surface area contributed by atoms with Gasteiger partial charge in [-0.15, -0.1) is 0 Å². The van der Waals surface area contributed by atoms with Crippen LogP contribution in [0.2, 0.25) is 0 Å². The molecule has 0 fully saturated rings. The van der Waals surface area contributed by atoms with E-state index in [1.165, 1.54) is 0 Å². The Morgan fingerprint density at radius 1 is 1.32 bits per heavy atom. The van der Waals surface area contributed by atoms with Crippen LogP contribution in [0.5, 0.6) is 0 Å². The van der Waals surface area contributed by atoms with Crippen LogP contribution in [0.3, 0.4) is 0 Å². The Hall–Kier alpha value is -2.17. The van der Waals surface area contributed by atoms with Gasteiger partial charge in [0.25, 0.3) is 0 Å². The molecule has 2 aromatic heterocycles. The first-order valence-electron chi connectivity index (χ1n) is 6.50. The first-order chi connectivity index (χ1) is 9.19. The van der Waals surface area contributed by atoms with Crippen molar-refractivity contribution in [2.45, 2.75) is 32.7 Å². The molecule has 100 valence electrons. The molecule has 5 nitrogen and oxygen atoms in total. The van der Waals surface area contributed by atoms with E-state index in [1.54, 1.807) is 12.3 Å². The van der Waals surface area contributed by atoms with E-state index in [1.807, 2.05) is 25.1 Å². The third-order valence-corrected chi connectivity index (χ3v) is 2.76. The zero-order valence-electron chi connectivity index (χ0n) is 11.3. The number of anilines is 2. The molecule has 5 heteroatoms. The summed E-state index contributed by atoms with van der Waals surface area (Å²) in [4.78, 5) is 13.0. The summed E-state index contributed by atoms with van der Waals surface area (Å²) in [6, 6.07) is 7.67. The highest BCUT2D eigenvalue weighted by Crippen LogP contribution is 2.17. The average molecular weight is 257 g/mol. The highest BCUT2D eigenvalue weighted by Gasteiger charge is 2.08. The van der Waals surface area contributed by atoms with E-state index in [4.69, 9.17) is 5.73 Å². The maximum Gasteiger partial charge on any atom is 0.133 e. The molecule has 0 saturated heterocycles. The molecule has 2 rings (SSSR count). The minimum absolute atomic E-state index is 0.0741. The molecule has 0 amide bonds. The summed E-state index contributed by atoms with van der Waals surface area (Å²) in [6.07, 6.45) is 3.61. The molecule has 3 N–H and O–H groups in total. The number of nitrogens with zero attached hydrogens (tertiary/aromatic N) is 3. The van der Waals surface area contributed by atoms with Crippen molar-refractivity contribution >= 4 is 11.6 Å². The Kier molecular flexibility index (Phi) is 4.28. The number of nitrogen functional groups attached to an aromatic ring is 1. The molecule has 0 saturated carbocycles. The quantitative estimate of drug-likeness (QED) is 0.861. The maximum atomic E-state index is 5.80. The van der Waals surface area contributed by atoms with Crippen LogP contribution in [-0.4, -0.2) is 15.0 Å². The SMILES string of the molecule is CCCc1nc(N)cc(NC(C)c2ccccn2)n1. The number of hydrogen-bond acceptors (Lipinski definition) is 5. The normalized spacial score (nSPS) is 12.1. The van der Waals surface area contributed by atoms with Crippen molar-refractivity contribution < 1.29 is 0 Å². The molecule has 0 aliphatic heterocycles. The second kappa shape index (κ2) is 6.13. The van der Waals surface area contributed by atoms with Crippen molar-refractivity contribution in [3.8, 4) is 0 Å². The minimum atomic E-state index is 0.0741. The van der Waals surface area contributed by atoms with Gasteiger partial charge in [-0.2, -0.15) is 0 Å². The molecule has 0 aromatic carbocycles. The Labute approximate surface area is 113 Å². The van der Waals surface area contributed by atoms with Gasteiger partial charge in [-0.3, -0.25) is 4.98 Å². The van der Waals surface area contributed by atoms with Crippen LogP contribution >= 0.6 is 0 Å². The van der Waals surface area contributed by atoms with Crippen molar-refractivity contribution in [2.75, 3.05) is 11.1 Å². The molecule has 2 aromatic rings. The van der Waals surface area contributed by atoms with Gasteiger partial charge in [0.15, 0.2) is 0 Å². The number of rotatable bonds is 5. The lowest BCUT2D eigenvalue weighted by molar-refractivity contribution is 0.807. The van der Waals surface area contributed by atoms with E-state index in [2.05, 4.69) is 27.2 Å². The molecule has 0 aliphatic rings. The van der Waals surface area contributed by atoms with Gasteiger partial charge in [0.1, 0.15) is 17.5 Å². The summed E-state index contributed by atoms with van der Waals surface area (Å²) < 4.78 is 0. The van der Waals surface area contributed by atoms with Crippen LogP contribution in [0.4, 0.5) is 11.6 Å². The Balaban J connectivity index is 2.14. The number of nitrogens with two attached hydrogens (primary N) is 1. The highest BCUT2D eigenvalue weighted by molar-refractivity contribution is 5.45. The molecule has 1 unspecified atom stereocenters. The van der Waals surface area contributed by atoms with Crippen molar-refractivity contribution in [2.24, 2.45) is 0 Å². The van der Waals surface area contributed by atoms with Crippen LogP contribution in [0.1, 0.15) is 37.8 Å². The van der Waals surface area contributed by atoms with Crippen molar-refractivity contribution in [3.05, 3.63) is 42.0 Å². The Morgan fingerprint density at radius 3 is 2.84 bits per heavy atom. The van der Waals surface area contributed by atoms with Crippen LogP contribution in [-0.2, 0) is 6.42 Å². The predicted molar refractivity (Wildman–Crippen MR) is 76.7 cm³/mol. The average Bonchev–Trinajstić information content (AvgIpc) is 2.39. The summed E-state index contributed by atoms with van der Waals surface area (Å²) in [7, 11) is 0. The topological polar surface area (TPSA) is 76.7 Å². The largest absolute Gasteiger partial charge is 0.384 e. The van der Waals surface area contributed by atoms with Gasteiger partial charge in [-0.25, -0.2) is 9.97 Å². The molecule has 0 spiro atoms. The third kappa shape index (κ3) is 3.64. The molecular weight excluding hydrogens is 238 g/mol. The summed E-state index contributed by atoms with van der Waals surface area (Å²) in [5.74, 6) is 2.02. The van der Waals surface area contributed by atoms with Gasteiger partial charge in [0.05, 0.1) is 11.7 Å². The molecule has 19 heavy (non-hydrogen) atoms. The maximum absolute atomic E-state index is 5.80. The fourth-order valence-electron chi connectivity index (χ4n) is 1.85. The standard InChI is InChI=1S/C14H19N5/c1-3-6-13-18-12(15)9-14(19-13)17-10(2)11-7-4-5-8-16-11/h4-5,7-10H,3,6H2,1-2H3,(H3,15,17,18,19). The zero-order chi connectivity index (χ0) is 13.7. The van der Waals surface area contributed by atoms with Gasteiger partial charge in [-0.1, -0.05) is 13.0 Å². The van der Waals surface area contributed by atoms with Crippen LogP contribution in [0, 0.1) is 0 Å². The third-order valence-electron chi connectivity index (χ3n) is 2.76. The fraction of sp³-hybridized carbons (Fsp3) is 0.357. The van der Waals surface area contributed by atoms with E-state index < -0.39 is 0 Å². The summed E-state index contributed by atoms with van der Waals surface area (Å²) in [5.41, 5.74) is 6.77. The van der Waals surface area contributed by atoms with E-state index in [-0.39, 0.29) is 6.04 Å². The molecular formula is C14H19N5. The molecule has 0 bridgehead atoms. The second-order valence-corrected chi connectivity index (χ2v) is 4.46. The summed E-state index contributed by atoms with van der Waals surface area (Å²) in [5, 5.41) is 3.30. The van der Waals surface area contributed by atoms with Gasteiger partial charge in [0.2, 0.25) is 0 Å². The number of aryl methyl sites for hydroxylation is 1. The lowest BCUT2D eigenvalue weighted by Gasteiger charge is -2.14. The van der Waals surface area contributed by atoms with Crippen LogP contribution in [0.25, 0.3) is 0 Å². The molecule has 2 heterocycles. The second-order valence-electron chi connectivity index (χ2n) is 4.46. The molecule has 1 atom stereocenters.